The number of hydrogen-bond donors (Lipinski definition) is 0. The molecule has 1 aromatic heterocycles. The first-order valence-electron chi connectivity index (χ1n) is 6.42. The molecule has 2 aromatic rings. The Bertz CT molecular complexity index is 821. The van der Waals surface area contributed by atoms with Gasteiger partial charge in [0, 0.05) is 0 Å². The van der Waals surface area contributed by atoms with Gasteiger partial charge in [-0.15, -0.1) is 9.74 Å². The van der Waals surface area contributed by atoms with Crippen molar-refractivity contribution in [2.45, 2.75) is 13.5 Å². The Kier molecular flexibility index (Phi) is 2.04. The summed E-state index contributed by atoms with van der Waals surface area (Å²) in [5.74, 6) is 0.787. The number of para-hydroxylation sites is 1. The molecule has 0 saturated heterocycles. The lowest BCUT2D eigenvalue weighted by Gasteiger charge is -2.20. The van der Waals surface area contributed by atoms with Crippen LogP contribution in [0.5, 0.6) is 0 Å². The molecule has 0 N–H and O–H groups in total. The van der Waals surface area contributed by atoms with Gasteiger partial charge in [0.2, 0.25) is 0 Å². The summed E-state index contributed by atoms with van der Waals surface area (Å²) in [7, 11) is 0. The van der Waals surface area contributed by atoms with Crippen molar-refractivity contribution >= 4 is 5.84 Å². The number of fused-ring (bicyclic) bond motifs is 5. The number of rotatable bonds is 0. The lowest BCUT2D eigenvalue weighted by atomic mass is 10.1. The van der Waals surface area contributed by atoms with Crippen LogP contribution in [0.3, 0.4) is 0 Å². The van der Waals surface area contributed by atoms with Crippen molar-refractivity contribution in [1.29, 1.82) is 5.26 Å². The Hall–Kier alpha value is -2.71. The van der Waals surface area contributed by atoms with Gasteiger partial charge in [0.25, 0.3) is 5.84 Å². The molecule has 2 aliphatic heterocycles. The van der Waals surface area contributed by atoms with Crippen LogP contribution in [0.1, 0.15) is 16.8 Å². The Labute approximate surface area is 116 Å². The summed E-state index contributed by atoms with van der Waals surface area (Å²) in [6.07, 6.45) is 9.57. The summed E-state index contributed by atoms with van der Waals surface area (Å²) >= 11 is 0. The highest BCUT2D eigenvalue weighted by atomic mass is 15.4. The number of imidazole rings is 1. The highest BCUT2D eigenvalue weighted by Gasteiger charge is 2.43. The molecular formula is C15H12N5+. The zero-order chi connectivity index (χ0) is 13.7. The van der Waals surface area contributed by atoms with Crippen molar-refractivity contribution in [3.8, 4) is 11.9 Å². The number of aliphatic imine (C=N–C) groups is 1. The van der Waals surface area contributed by atoms with E-state index < -0.39 is 0 Å². The monoisotopic (exact) mass is 262 g/mol. The molecule has 20 heavy (non-hydrogen) atoms. The zero-order valence-electron chi connectivity index (χ0n) is 11.0. The fourth-order valence-electron chi connectivity index (χ4n) is 2.97. The van der Waals surface area contributed by atoms with Crippen LogP contribution >= 0.6 is 0 Å². The summed E-state index contributed by atoms with van der Waals surface area (Å²) in [5.41, 5.74) is 4.22. The van der Waals surface area contributed by atoms with E-state index in [0.717, 1.165) is 28.3 Å². The number of amidine groups is 1. The Morgan fingerprint density at radius 3 is 3.15 bits per heavy atom. The molecule has 0 spiro atoms. The fraction of sp³-hybridized carbons (Fsp3) is 0.133. The van der Waals surface area contributed by atoms with Gasteiger partial charge >= 0.3 is 6.19 Å². The molecule has 0 saturated carbocycles. The highest BCUT2D eigenvalue weighted by molar-refractivity contribution is 6.00. The van der Waals surface area contributed by atoms with Crippen LogP contribution in [0.4, 0.5) is 0 Å². The SMILES string of the molecule is Cc1cccc2c1-n1cncc1C[N+]1(C#N)C=CN=C21. The predicted molar refractivity (Wildman–Crippen MR) is 73.6 cm³/mol. The van der Waals surface area contributed by atoms with Crippen molar-refractivity contribution in [3.05, 3.63) is 59.9 Å². The van der Waals surface area contributed by atoms with Gasteiger partial charge < -0.3 is 0 Å². The van der Waals surface area contributed by atoms with Crippen LogP contribution in [0.25, 0.3) is 5.69 Å². The maximum Gasteiger partial charge on any atom is 0.321 e. The molecule has 4 rings (SSSR count). The van der Waals surface area contributed by atoms with E-state index in [-0.39, 0.29) is 4.48 Å². The van der Waals surface area contributed by atoms with Gasteiger partial charge in [-0.25, -0.2) is 4.98 Å². The predicted octanol–water partition coefficient (Wildman–Crippen LogP) is 2.22. The molecule has 0 fully saturated rings. The van der Waals surface area contributed by atoms with Crippen LogP contribution in [0.2, 0.25) is 0 Å². The summed E-state index contributed by atoms with van der Waals surface area (Å²) in [5, 5.41) is 9.70. The van der Waals surface area contributed by atoms with E-state index in [2.05, 4.69) is 33.7 Å². The van der Waals surface area contributed by atoms with Crippen LogP contribution < -0.4 is 0 Å². The molecule has 0 amide bonds. The summed E-state index contributed by atoms with van der Waals surface area (Å²) in [6.45, 7) is 2.61. The fourth-order valence-corrected chi connectivity index (χ4v) is 2.97. The normalized spacial score (nSPS) is 22.3. The van der Waals surface area contributed by atoms with Gasteiger partial charge in [-0.2, -0.15) is 4.99 Å². The van der Waals surface area contributed by atoms with Gasteiger partial charge in [-0.1, -0.05) is 12.1 Å². The number of nitriles is 1. The second-order valence-electron chi connectivity index (χ2n) is 5.10. The van der Waals surface area contributed by atoms with E-state index >= 15 is 0 Å². The summed E-state index contributed by atoms with van der Waals surface area (Å²) in [6, 6.07) is 6.09. The van der Waals surface area contributed by atoms with Crippen molar-refractivity contribution in [2.24, 2.45) is 4.99 Å². The van der Waals surface area contributed by atoms with E-state index in [1.54, 1.807) is 6.20 Å². The van der Waals surface area contributed by atoms with E-state index in [1.807, 2.05) is 30.9 Å². The average Bonchev–Trinajstić information content (AvgIpc) is 3.05. The Morgan fingerprint density at radius 2 is 2.30 bits per heavy atom. The smallest absolute Gasteiger partial charge is 0.297 e. The molecule has 96 valence electrons. The Morgan fingerprint density at radius 1 is 1.40 bits per heavy atom. The number of benzene rings is 1. The molecule has 0 bridgehead atoms. The van der Waals surface area contributed by atoms with Crippen LogP contribution in [0.15, 0.2) is 48.1 Å². The molecule has 1 atom stereocenters. The lowest BCUT2D eigenvalue weighted by Crippen LogP contribution is -2.40. The van der Waals surface area contributed by atoms with Gasteiger partial charge in [0.1, 0.15) is 12.7 Å². The van der Waals surface area contributed by atoms with Crippen LogP contribution in [0, 0.1) is 18.4 Å². The minimum atomic E-state index is 0.0855. The summed E-state index contributed by atoms with van der Waals surface area (Å²) in [4.78, 5) is 8.70. The van der Waals surface area contributed by atoms with E-state index in [4.69, 9.17) is 0 Å². The highest BCUT2D eigenvalue weighted by Crippen LogP contribution is 2.33. The molecule has 5 nitrogen and oxygen atoms in total. The minimum Gasteiger partial charge on any atom is -0.297 e. The summed E-state index contributed by atoms with van der Waals surface area (Å²) < 4.78 is 2.15. The number of hydrogen-bond acceptors (Lipinski definition) is 3. The second kappa shape index (κ2) is 3.65. The first-order valence-corrected chi connectivity index (χ1v) is 6.42. The van der Waals surface area contributed by atoms with Crippen LogP contribution in [-0.4, -0.2) is 19.9 Å². The molecule has 0 radical (unpaired) electrons. The van der Waals surface area contributed by atoms with Crippen molar-refractivity contribution < 1.29 is 4.48 Å². The third-order valence-corrected chi connectivity index (χ3v) is 3.92. The number of aryl methyl sites for hydroxylation is 1. The number of aromatic nitrogens is 2. The maximum atomic E-state index is 9.70. The van der Waals surface area contributed by atoms with E-state index in [9.17, 15) is 5.26 Å². The second-order valence-corrected chi connectivity index (χ2v) is 5.10. The third kappa shape index (κ3) is 1.23. The topological polar surface area (TPSA) is 54.0 Å². The molecule has 2 aliphatic rings. The first-order chi connectivity index (χ1) is 9.75. The van der Waals surface area contributed by atoms with Crippen molar-refractivity contribution in [3.63, 3.8) is 0 Å². The molecular weight excluding hydrogens is 250 g/mol. The molecule has 1 aromatic carbocycles. The van der Waals surface area contributed by atoms with E-state index in [0.29, 0.717) is 6.54 Å². The van der Waals surface area contributed by atoms with Gasteiger partial charge in [-0.3, -0.25) is 4.57 Å². The maximum absolute atomic E-state index is 9.70. The zero-order valence-corrected chi connectivity index (χ0v) is 11.0. The molecule has 1 unspecified atom stereocenters. The van der Waals surface area contributed by atoms with Gasteiger partial charge in [-0.05, 0) is 18.6 Å². The van der Waals surface area contributed by atoms with Gasteiger partial charge in [0.15, 0.2) is 0 Å². The first kappa shape index (κ1) is 11.1. The van der Waals surface area contributed by atoms with E-state index in [1.165, 1.54) is 0 Å². The number of nitrogens with zero attached hydrogens (tertiary/aromatic N) is 5. The number of quaternary nitrogens is 1. The third-order valence-electron chi connectivity index (χ3n) is 3.92. The quantitative estimate of drug-likeness (QED) is 0.540. The van der Waals surface area contributed by atoms with Crippen molar-refractivity contribution in [2.75, 3.05) is 0 Å². The molecule has 0 aliphatic carbocycles. The van der Waals surface area contributed by atoms with Crippen LogP contribution in [-0.2, 0) is 6.54 Å². The molecule has 5 heteroatoms. The molecule has 3 heterocycles. The minimum absolute atomic E-state index is 0.0855. The van der Waals surface area contributed by atoms with Gasteiger partial charge in [0.05, 0.1) is 35.7 Å². The standard InChI is InChI=1S/C15H12N5/c1-11-3-2-4-13-14(11)19-10-17-7-12(19)8-20(9-16)6-5-18-15(13)20/h2-7,10H,8H2,1H3/q+1. The lowest BCUT2D eigenvalue weighted by molar-refractivity contribution is -0.728. The Balaban J connectivity index is 2.13. The van der Waals surface area contributed by atoms with Crippen molar-refractivity contribution in [1.82, 2.24) is 9.55 Å². The average molecular weight is 262 g/mol. The largest absolute Gasteiger partial charge is 0.321 e.